The Hall–Kier alpha value is -7.98. The minimum Gasteiger partial charge on any atom is -0.456 e. The molecule has 2 aromatic heterocycles. The molecule has 0 N–H and O–H groups in total. The van der Waals surface area contributed by atoms with Gasteiger partial charge in [0.15, 0.2) is 0 Å². The molecule has 2 heterocycles. The molecule has 0 amide bonds. The predicted molar refractivity (Wildman–Crippen MR) is 284 cm³/mol. The number of para-hydroxylation sites is 1. The smallest absolute Gasteiger partial charge is 0.135 e. The van der Waals surface area contributed by atoms with E-state index in [0.717, 1.165) is 39.0 Å². The molecule has 0 radical (unpaired) electrons. The first kappa shape index (κ1) is 37.4. The predicted octanol–water partition coefficient (Wildman–Crippen LogP) is 18.6. The van der Waals surface area contributed by atoms with Crippen molar-refractivity contribution in [3.63, 3.8) is 0 Å². The minimum atomic E-state index is -0.161. The standard InChI is InChI=1S/C63H41NOS/c1-63(2)56-24-12-9-20-47(56)48-31-28-40(37-57(48)63)64(39-29-34-59-55(36-39)49-21-10-13-25-58(49)65-59)38-27-30-46-52-32-33-53-50-22-11-14-26-60(50)66-62(53)61(52)51-23-8-7-18-44(51)42-16-4-3-15-41(42)43-17-5-6-19-45(43)54(46)35-38/h3-37H,1-2H3. The average Bonchev–Trinajstić information content (AvgIpc) is 4.01. The maximum Gasteiger partial charge on any atom is 0.135 e. The third-order valence-corrected chi connectivity index (χ3v) is 15.7. The van der Waals surface area contributed by atoms with E-state index in [1.807, 2.05) is 17.4 Å². The molecule has 310 valence electrons. The van der Waals surface area contributed by atoms with Gasteiger partial charge in [0.05, 0.1) is 0 Å². The molecule has 0 unspecified atom stereocenters. The van der Waals surface area contributed by atoms with Crippen LogP contribution in [0.4, 0.5) is 17.1 Å². The molecule has 0 atom stereocenters. The second kappa shape index (κ2) is 14.0. The summed E-state index contributed by atoms with van der Waals surface area (Å²) in [7, 11) is 0. The lowest BCUT2D eigenvalue weighted by atomic mass is 9.82. The number of fused-ring (bicyclic) bond motifs is 20. The van der Waals surface area contributed by atoms with Crippen molar-refractivity contribution >= 4 is 124 Å². The fraction of sp³-hybridized carbons (Fsp3) is 0.0476. The highest BCUT2D eigenvalue weighted by Gasteiger charge is 2.36. The van der Waals surface area contributed by atoms with E-state index in [9.17, 15) is 0 Å². The van der Waals surface area contributed by atoms with Crippen LogP contribution >= 0.6 is 11.3 Å². The van der Waals surface area contributed by atoms with Crippen molar-refractivity contribution in [3.8, 4) is 11.1 Å². The molecule has 1 aliphatic carbocycles. The van der Waals surface area contributed by atoms with Crippen LogP contribution in [0.1, 0.15) is 25.0 Å². The molecule has 0 saturated carbocycles. The minimum absolute atomic E-state index is 0.161. The lowest BCUT2D eigenvalue weighted by molar-refractivity contribution is 0.660. The summed E-state index contributed by atoms with van der Waals surface area (Å²) >= 11 is 1.90. The van der Waals surface area contributed by atoms with Crippen molar-refractivity contribution < 1.29 is 4.42 Å². The number of rotatable bonds is 3. The second-order valence-corrected chi connectivity index (χ2v) is 19.4. The fourth-order valence-electron chi connectivity index (χ4n) is 11.4. The Balaban J connectivity index is 1.14. The molecule has 3 heteroatoms. The normalized spacial score (nSPS) is 13.1. The van der Waals surface area contributed by atoms with E-state index in [1.54, 1.807) is 0 Å². The third-order valence-electron chi connectivity index (χ3n) is 14.5. The van der Waals surface area contributed by atoms with Crippen LogP contribution in [0.15, 0.2) is 217 Å². The van der Waals surface area contributed by atoms with E-state index in [-0.39, 0.29) is 5.41 Å². The van der Waals surface area contributed by atoms with Crippen molar-refractivity contribution in [2.24, 2.45) is 0 Å². The Morgan fingerprint density at radius 3 is 1.58 bits per heavy atom. The van der Waals surface area contributed by atoms with Crippen LogP contribution in [-0.2, 0) is 5.41 Å². The van der Waals surface area contributed by atoms with Gasteiger partial charge in [-0.1, -0.05) is 172 Å². The van der Waals surface area contributed by atoms with Crippen molar-refractivity contribution in [1.82, 2.24) is 0 Å². The second-order valence-electron chi connectivity index (χ2n) is 18.3. The molecule has 2 nitrogen and oxygen atoms in total. The van der Waals surface area contributed by atoms with E-state index >= 15 is 0 Å². The molecule has 1 aliphatic rings. The average molecular weight is 860 g/mol. The largest absolute Gasteiger partial charge is 0.456 e. The number of nitrogens with zero attached hydrogens (tertiary/aromatic N) is 1. The highest BCUT2D eigenvalue weighted by atomic mass is 32.1. The molecule has 0 aliphatic heterocycles. The van der Waals surface area contributed by atoms with E-state index in [4.69, 9.17) is 4.42 Å². The quantitative estimate of drug-likeness (QED) is 0.176. The molecule has 0 bridgehead atoms. The maximum atomic E-state index is 6.40. The van der Waals surface area contributed by atoms with Crippen LogP contribution in [0.5, 0.6) is 0 Å². The van der Waals surface area contributed by atoms with E-state index in [2.05, 4.69) is 225 Å². The number of hydrogen-bond donors (Lipinski definition) is 0. The summed E-state index contributed by atoms with van der Waals surface area (Å²) in [6.45, 7) is 4.73. The summed E-state index contributed by atoms with van der Waals surface area (Å²) in [5.74, 6) is 0. The zero-order valence-electron chi connectivity index (χ0n) is 36.5. The summed E-state index contributed by atoms with van der Waals surface area (Å²) < 4.78 is 9.02. The van der Waals surface area contributed by atoms with Crippen molar-refractivity contribution in [3.05, 3.63) is 223 Å². The fourth-order valence-corrected chi connectivity index (χ4v) is 12.6. The number of benzene rings is 10. The summed E-state index contributed by atoms with van der Waals surface area (Å²) in [6.07, 6.45) is 0. The Kier molecular flexibility index (Phi) is 7.94. The topological polar surface area (TPSA) is 16.4 Å². The van der Waals surface area contributed by atoms with Gasteiger partial charge >= 0.3 is 0 Å². The molecule has 0 saturated heterocycles. The highest BCUT2D eigenvalue weighted by molar-refractivity contribution is 7.26. The van der Waals surface area contributed by atoms with Gasteiger partial charge in [-0.15, -0.1) is 11.3 Å². The van der Waals surface area contributed by atoms with Gasteiger partial charge in [0.1, 0.15) is 11.2 Å². The Bertz CT molecular complexity index is 4280. The van der Waals surface area contributed by atoms with E-state index < -0.39 is 0 Å². The monoisotopic (exact) mass is 859 g/mol. The number of anilines is 3. The Morgan fingerprint density at radius 1 is 0.348 bits per heavy atom. The molecule has 13 aromatic rings. The van der Waals surface area contributed by atoms with Gasteiger partial charge in [0.2, 0.25) is 0 Å². The third kappa shape index (κ3) is 5.35. The van der Waals surface area contributed by atoms with Crippen LogP contribution in [0, 0.1) is 0 Å². The lowest BCUT2D eigenvalue weighted by Crippen LogP contribution is -2.16. The number of hydrogen-bond acceptors (Lipinski definition) is 3. The van der Waals surface area contributed by atoms with Crippen LogP contribution in [0.3, 0.4) is 0 Å². The van der Waals surface area contributed by atoms with Crippen molar-refractivity contribution in [2.45, 2.75) is 19.3 Å². The van der Waals surface area contributed by atoms with E-state index in [0.29, 0.717) is 0 Å². The van der Waals surface area contributed by atoms with Gasteiger partial charge in [-0.05, 0) is 125 Å². The maximum absolute atomic E-state index is 6.40. The van der Waals surface area contributed by atoms with Crippen LogP contribution in [0.2, 0.25) is 0 Å². The summed E-state index contributed by atoms with van der Waals surface area (Å²) in [5.41, 5.74) is 10.2. The van der Waals surface area contributed by atoms with Gasteiger partial charge in [0, 0.05) is 58.8 Å². The molecule has 0 spiro atoms. The molecule has 11 aromatic carbocycles. The van der Waals surface area contributed by atoms with E-state index in [1.165, 1.54) is 96.3 Å². The van der Waals surface area contributed by atoms with Gasteiger partial charge in [-0.25, -0.2) is 0 Å². The van der Waals surface area contributed by atoms with Gasteiger partial charge < -0.3 is 9.32 Å². The van der Waals surface area contributed by atoms with Gasteiger partial charge in [-0.3, -0.25) is 0 Å². The first-order valence-electron chi connectivity index (χ1n) is 22.8. The Labute approximate surface area is 385 Å². The van der Waals surface area contributed by atoms with Crippen LogP contribution in [0.25, 0.3) is 107 Å². The van der Waals surface area contributed by atoms with Gasteiger partial charge in [-0.2, -0.15) is 0 Å². The molecule has 0 fully saturated rings. The number of furan rings is 1. The SMILES string of the molecule is CC1(C)c2ccccc2-c2ccc(N(c3ccc4oc5ccccc5c4c3)c3ccc4c(c3)c3ccccc3c3ccccc3c3ccccc3c3c4ccc4c5ccccc5sc43)cc21. The molecular formula is C63H41NOS. The molecular weight excluding hydrogens is 819 g/mol. The van der Waals surface area contributed by atoms with Crippen molar-refractivity contribution in [2.75, 3.05) is 4.90 Å². The first-order valence-corrected chi connectivity index (χ1v) is 23.6. The zero-order valence-corrected chi connectivity index (χ0v) is 37.3. The lowest BCUT2D eigenvalue weighted by Gasteiger charge is -2.28. The zero-order chi connectivity index (χ0) is 43.7. The summed E-state index contributed by atoms with van der Waals surface area (Å²) in [4.78, 5) is 2.46. The molecule has 66 heavy (non-hydrogen) atoms. The van der Waals surface area contributed by atoms with Crippen LogP contribution < -0.4 is 4.90 Å². The first-order chi connectivity index (χ1) is 32.5. The Morgan fingerprint density at radius 2 is 0.818 bits per heavy atom. The molecule has 14 rings (SSSR count). The van der Waals surface area contributed by atoms with Crippen LogP contribution in [-0.4, -0.2) is 0 Å². The summed E-state index contributed by atoms with van der Waals surface area (Å²) in [5, 5.41) is 17.1. The number of thiophene rings is 1. The summed E-state index contributed by atoms with van der Waals surface area (Å²) in [6, 6.07) is 78.9. The van der Waals surface area contributed by atoms with Crippen molar-refractivity contribution in [1.29, 1.82) is 0 Å². The highest BCUT2D eigenvalue weighted by Crippen LogP contribution is 2.52. The van der Waals surface area contributed by atoms with Gasteiger partial charge in [0.25, 0.3) is 0 Å².